The van der Waals surface area contributed by atoms with Crippen molar-refractivity contribution in [1.29, 1.82) is 0 Å². The zero-order valence-electron chi connectivity index (χ0n) is 13.4. The Bertz CT molecular complexity index is 793. The number of ether oxygens (including phenoxy) is 2. The second-order valence-corrected chi connectivity index (χ2v) is 8.74. The van der Waals surface area contributed by atoms with E-state index in [0.717, 1.165) is 28.2 Å². The van der Waals surface area contributed by atoms with Gasteiger partial charge in [0.2, 0.25) is 10.0 Å². The standard InChI is InChI=1S/C16H19Cl2NO4S2/c17-7-1-9-22-13-4-3-12(11-14(13)23-10-2-8-18)15-5-6-16(24-15)25(19,20)21/h3-6,11H,1-2,7-10H2,(H2,19,20,21). The molecule has 0 unspecified atom stereocenters. The van der Waals surface area contributed by atoms with E-state index < -0.39 is 10.0 Å². The number of halogens is 2. The molecule has 0 spiro atoms. The number of nitrogens with two attached hydrogens (primary N) is 1. The molecular weight excluding hydrogens is 405 g/mol. The quantitative estimate of drug-likeness (QED) is 0.461. The Morgan fingerprint density at radius 3 is 2.16 bits per heavy atom. The van der Waals surface area contributed by atoms with E-state index in [1.807, 2.05) is 12.1 Å². The van der Waals surface area contributed by atoms with Crippen LogP contribution in [0.25, 0.3) is 10.4 Å². The van der Waals surface area contributed by atoms with Gasteiger partial charge in [-0.05, 0) is 48.7 Å². The Labute approximate surface area is 161 Å². The van der Waals surface area contributed by atoms with E-state index in [-0.39, 0.29) is 4.21 Å². The number of hydrogen-bond acceptors (Lipinski definition) is 5. The highest BCUT2D eigenvalue weighted by Gasteiger charge is 2.14. The second kappa shape index (κ2) is 9.64. The van der Waals surface area contributed by atoms with Crippen LogP contribution in [0.2, 0.25) is 0 Å². The lowest BCUT2D eigenvalue weighted by Crippen LogP contribution is -2.09. The summed E-state index contributed by atoms with van der Waals surface area (Å²) in [6, 6.07) is 8.69. The summed E-state index contributed by atoms with van der Waals surface area (Å²) in [5.74, 6) is 2.23. The summed E-state index contributed by atoms with van der Waals surface area (Å²) in [6.07, 6.45) is 1.44. The van der Waals surface area contributed by atoms with Gasteiger partial charge in [-0.25, -0.2) is 13.6 Å². The SMILES string of the molecule is NS(=O)(=O)c1ccc(-c2ccc(OCCCCl)c(OCCCCl)c2)s1. The van der Waals surface area contributed by atoms with Gasteiger partial charge in [-0.15, -0.1) is 34.5 Å². The Morgan fingerprint density at radius 1 is 0.960 bits per heavy atom. The van der Waals surface area contributed by atoms with Crippen LogP contribution in [0, 0.1) is 0 Å². The topological polar surface area (TPSA) is 78.6 Å². The molecule has 0 bridgehead atoms. The molecule has 0 aliphatic carbocycles. The number of rotatable bonds is 10. The summed E-state index contributed by atoms with van der Waals surface area (Å²) in [7, 11) is -3.71. The molecule has 0 aliphatic rings. The van der Waals surface area contributed by atoms with Crippen LogP contribution in [-0.2, 0) is 10.0 Å². The predicted octanol–water partition coefficient (Wildman–Crippen LogP) is 4.08. The van der Waals surface area contributed by atoms with Gasteiger partial charge < -0.3 is 9.47 Å². The van der Waals surface area contributed by atoms with Crippen molar-refractivity contribution in [3.05, 3.63) is 30.3 Å². The molecular formula is C16H19Cl2NO4S2. The monoisotopic (exact) mass is 423 g/mol. The van der Waals surface area contributed by atoms with Crippen molar-refractivity contribution in [3.8, 4) is 21.9 Å². The molecule has 0 saturated carbocycles. The van der Waals surface area contributed by atoms with Crippen molar-refractivity contribution in [2.24, 2.45) is 5.14 Å². The molecule has 138 valence electrons. The second-order valence-electron chi connectivity index (χ2n) is 5.11. The first-order valence-corrected chi connectivity index (χ1v) is 11.0. The molecule has 0 radical (unpaired) electrons. The summed E-state index contributed by atoms with van der Waals surface area (Å²) in [6.45, 7) is 0.953. The minimum absolute atomic E-state index is 0.120. The van der Waals surface area contributed by atoms with Crippen LogP contribution in [0.4, 0.5) is 0 Å². The highest BCUT2D eigenvalue weighted by molar-refractivity contribution is 7.91. The van der Waals surface area contributed by atoms with Gasteiger partial charge in [0.15, 0.2) is 11.5 Å². The lowest BCUT2D eigenvalue weighted by molar-refractivity contribution is 0.269. The summed E-state index contributed by atoms with van der Waals surface area (Å²) < 4.78 is 34.5. The molecule has 2 aromatic rings. The number of primary sulfonamides is 1. The molecule has 1 aromatic heterocycles. The zero-order chi connectivity index (χ0) is 18.3. The van der Waals surface area contributed by atoms with Crippen molar-refractivity contribution in [2.75, 3.05) is 25.0 Å². The van der Waals surface area contributed by atoms with E-state index in [4.69, 9.17) is 37.8 Å². The fourth-order valence-electron chi connectivity index (χ4n) is 1.99. The Balaban J connectivity index is 2.26. The molecule has 2 N–H and O–H groups in total. The molecule has 2 rings (SSSR count). The molecule has 1 heterocycles. The van der Waals surface area contributed by atoms with Crippen LogP contribution in [0.15, 0.2) is 34.5 Å². The van der Waals surface area contributed by atoms with Crippen molar-refractivity contribution < 1.29 is 17.9 Å². The minimum Gasteiger partial charge on any atom is -0.490 e. The van der Waals surface area contributed by atoms with E-state index in [1.54, 1.807) is 12.1 Å². The van der Waals surface area contributed by atoms with Crippen LogP contribution in [-0.4, -0.2) is 33.4 Å². The summed E-state index contributed by atoms with van der Waals surface area (Å²) >= 11 is 12.5. The molecule has 0 saturated heterocycles. The maximum Gasteiger partial charge on any atom is 0.247 e. The molecule has 9 heteroatoms. The van der Waals surface area contributed by atoms with Gasteiger partial charge >= 0.3 is 0 Å². The third kappa shape index (κ3) is 6.04. The van der Waals surface area contributed by atoms with E-state index in [0.29, 0.717) is 42.9 Å². The number of thiophene rings is 1. The first-order chi connectivity index (χ1) is 12.0. The highest BCUT2D eigenvalue weighted by atomic mass is 35.5. The molecule has 0 fully saturated rings. The average Bonchev–Trinajstić information content (AvgIpc) is 3.07. The Kier molecular flexibility index (Phi) is 7.83. The normalized spacial score (nSPS) is 11.5. The maximum atomic E-state index is 11.4. The van der Waals surface area contributed by atoms with E-state index in [9.17, 15) is 8.42 Å². The fourth-order valence-corrected chi connectivity index (χ4v) is 3.94. The number of alkyl halides is 2. The lowest BCUT2D eigenvalue weighted by Gasteiger charge is -2.13. The first kappa shape index (κ1) is 20.3. The Hall–Kier alpha value is -0.990. The summed E-state index contributed by atoms with van der Waals surface area (Å²) in [4.78, 5) is 0.776. The first-order valence-electron chi connectivity index (χ1n) is 7.60. The molecule has 0 amide bonds. The van der Waals surface area contributed by atoms with Gasteiger partial charge in [-0.1, -0.05) is 0 Å². The number of sulfonamides is 1. The molecule has 5 nitrogen and oxygen atoms in total. The minimum atomic E-state index is -3.71. The van der Waals surface area contributed by atoms with Crippen molar-refractivity contribution in [1.82, 2.24) is 0 Å². The van der Waals surface area contributed by atoms with E-state index >= 15 is 0 Å². The summed E-state index contributed by atoms with van der Waals surface area (Å²) in [5.41, 5.74) is 0.825. The van der Waals surface area contributed by atoms with E-state index in [1.165, 1.54) is 6.07 Å². The summed E-state index contributed by atoms with van der Waals surface area (Å²) in [5, 5.41) is 5.17. The van der Waals surface area contributed by atoms with Gasteiger partial charge in [-0.2, -0.15) is 0 Å². The molecule has 0 aliphatic heterocycles. The third-order valence-electron chi connectivity index (χ3n) is 3.16. The van der Waals surface area contributed by atoms with Gasteiger partial charge in [0.1, 0.15) is 4.21 Å². The Morgan fingerprint density at radius 2 is 1.60 bits per heavy atom. The van der Waals surface area contributed by atoms with Gasteiger partial charge in [0.05, 0.1) is 13.2 Å². The van der Waals surface area contributed by atoms with E-state index in [2.05, 4.69) is 0 Å². The molecule has 0 atom stereocenters. The molecule has 1 aromatic carbocycles. The highest BCUT2D eigenvalue weighted by Crippen LogP contribution is 2.36. The van der Waals surface area contributed by atoms with Gasteiger partial charge in [0.25, 0.3) is 0 Å². The van der Waals surface area contributed by atoms with Crippen molar-refractivity contribution >= 4 is 44.6 Å². The zero-order valence-corrected chi connectivity index (χ0v) is 16.6. The lowest BCUT2D eigenvalue weighted by atomic mass is 10.1. The van der Waals surface area contributed by atoms with Crippen LogP contribution < -0.4 is 14.6 Å². The van der Waals surface area contributed by atoms with Crippen LogP contribution in [0.3, 0.4) is 0 Å². The fraction of sp³-hybridized carbons (Fsp3) is 0.375. The van der Waals surface area contributed by atoms with Crippen LogP contribution >= 0.6 is 34.5 Å². The number of hydrogen-bond donors (Lipinski definition) is 1. The third-order valence-corrected chi connectivity index (χ3v) is 6.27. The largest absolute Gasteiger partial charge is 0.490 e. The van der Waals surface area contributed by atoms with Crippen LogP contribution in [0.1, 0.15) is 12.8 Å². The molecule has 25 heavy (non-hydrogen) atoms. The number of benzene rings is 1. The van der Waals surface area contributed by atoms with Crippen molar-refractivity contribution in [2.45, 2.75) is 17.1 Å². The maximum absolute atomic E-state index is 11.4. The van der Waals surface area contributed by atoms with Crippen molar-refractivity contribution in [3.63, 3.8) is 0 Å². The van der Waals surface area contributed by atoms with Gasteiger partial charge in [0, 0.05) is 16.6 Å². The predicted molar refractivity (Wildman–Crippen MR) is 103 cm³/mol. The van der Waals surface area contributed by atoms with Gasteiger partial charge in [-0.3, -0.25) is 0 Å². The average molecular weight is 424 g/mol. The smallest absolute Gasteiger partial charge is 0.247 e. The van der Waals surface area contributed by atoms with Crippen LogP contribution in [0.5, 0.6) is 11.5 Å².